The summed E-state index contributed by atoms with van der Waals surface area (Å²) in [7, 11) is 0. The van der Waals surface area contributed by atoms with E-state index in [0.717, 1.165) is 11.1 Å². The van der Waals surface area contributed by atoms with Crippen molar-refractivity contribution in [3.8, 4) is 17.1 Å². The number of benzene rings is 2. The summed E-state index contributed by atoms with van der Waals surface area (Å²) in [6, 6.07) is 6.40. The van der Waals surface area contributed by atoms with Crippen molar-refractivity contribution in [2.45, 2.75) is 45.9 Å². The summed E-state index contributed by atoms with van der Waals surface area (Å²) in [6.07, 6.45) is 0. The first-order valence-electron chi connectivity index (χ1n) is 9.79. The topological polar surface area (TPSA) is 69.0 Å². The van der Waals surface area contributed by atoms with Crippen molar-refractivity contribution in [3.63, 3.8) is 0 Å². The molecular formula is C22H21F3N4O2. The van der Waals surface area contributed by atoms with E-state index < -0.39 is 28.8 Å². The fourth-order valence-electron chi connectivity index (χ4n) is 3.69. The van der Waals surface area contributed by atoms with Gasteiger partial charge in [0.15, 0.2) is 34.6 Å². The van der Waals surface area contributed by atoms with Gasteiger partial charge in [0.1, 0.15) is 5.82 Å². The van der Waals surface area contributed by atoms with Gasteiger partial charge in [-0.15, -0.1) is 10.2 Å². The molecule has 1 amide bonds. The predicted molar refractivity (Wildman–Crippen MR) is 107 cm³/mol. The Morgan fingerprint density at radius 3 is 2.42 bits per heavy atom. The highest BCUT2D eigenvalue weighted by molar-refractivity contribution is 5.98. The van der Waals surface area contributed by atoms with Gasteiger partial charge in [0.2, 0.25) is 0 Å². The Balaban J connectivity index is 1.76. The van der Waals surface area contributed by atoms with Gasteiger partial charge < -0.3 is 14.6 Å². The zero-order valence-corrected chi connectivity index (χ0v) is 17.5. The number of ether oxygens (including phenoxy) is 1. The molecule has 0 aliphatic carbocycles. The minimum absolute atomic E-state index is 0.112. The molecule has 6 nitrogen and oxygen atoms in total. The summed E-state index contributed by atoms with van der Waals surface area (Å²) in [5, 5.41) is 11.3. The summed E-state index contributed by atoms with van der Waals surface area (Å²) >= 11 is 0. The monoisotopic (exact) mass is 430 g/mol. The third kappa shape index (κ3) is 3.64. The van der Waals surface area contributed by atoms with Crippen molar-refractivity contribution in [1.82, 2.24) is 20.1 Å². The highest BCUT2D eigenvalue weighted by Gasteiger charge is 2.34. The van der Waals surface area contributed by atoms with Crippen LogP contribution in [0.1, 0.15) is 55.5 Å². The van der Waals surface area contributed by atoms with E-state index in [1.54, 1.807) is 26.0 Å². The van der Waals surface area contributed by atoms with Crippen molar-refractivity contribution in [3.05, 3.63) is 64.7 Å². The lowest BCUT2D eigenvalue weighted by molar-refractivity contribution is 0.0811. The quantitative estimate of drug-likeness (QED) is 0.647. The van der Waals surface area contributed by atoms with Crippen LogP contribution >= 0.6 is 0 Å². The van der Waals surface area contributed by atoms with Crippen LogP contribution in [0, 0.1) is 17.5 Å². The van der Waals surface area contributed by atoms with Crippen molar-refractivity contribution in [2.75, 3.05) is 0 Å². The molecule has 1 aromatic heterocycles. The fraction of sp³-hybridized carbons (Fsp3) is 0.318. The Kier molecular flexibility index (Phi) is 4.99. The standard InChI is InChI=1S/C22H21F3N4O2/c1-11(2)29-19(12-5-6-15-13(7-12)10-26-20(15)30)27-28-21(29)22(3,4)31-18-16(24)8-14(23)9-17(18)25/h5-9,11H,10H2,1-4H3,(H,26,30). The molecular weight excluding hydrogens is 409 g/mol. The zero-order valence-electron chi connectivity index (χ0n) is 17.5. The number of fused-ring (bicyclic) bond motifs is 1. The van der Waals surface area contributed by atoms with E-state index in [1.807, 2.05) is 24.5 Å². The van der Waals surface area contributed by atoms with Crippen molar-refractivity contribution in [1.29, 1.82) is 0 Å². The van der Waals surface area contributed by atoms with E-state index in [9.17, 15) is 18.0 Å². The first-order chi connectivity index (χ1) is 14.6. The minimum Gasteiger partial charge on any atom is -0.474 e. The first kappa shape index (κ1) is 20.9. The number of amides is 1. The molecule has 0 unspecified atom stereocenters. The average Bonchev–Trinajstić information content (AvgIpc) is 3.29. The van der Waals surface area contributed by atoms with Gasteiger partial charge in [-0.05, 0) is 45.4 Å². The number of carbonyl (C=O) groups excluding carboxylic acids is 1. The lowest BCUT2D eigenvalue weighted by Gasteiger charge is -2.28. The Hall–Kier alpha value is -3.36. The van der Waals surface area contributed by atoms with E-state index in [4.69, 9.17) is 4.74 Å². The predicted octanol–water partition coefficient (Wildman–Crippen LogP) is 4.50. The van der Waals surface area contributed by atoms with Gasteiger partial charge in [0, 0.05) is 35.8 Å². The van der Waals surface area contributed by atoms with E-state index >= 15 is 0 Å². The second kappa shape index (κ2) is 7.40. The number of halogens is 3. The summed E-state index contributed by atoms with van der Waals surface area (Å²) in [5.41, 5.74) is 0.931. The largest absolute Gasteiger partial charge is 0.474 e. The lowest BCUT2D eigenvalue weighted by Crippen LogP contribution is -2.31. The molecule has 31 heavy (non-hydrogen) atoms. The lowest BCUT2D eigenvalue weighted by atomic mass is 10.0. The van der Waals surface area contributed by atoms with Crippen LogP contribution in [0.4, 0.5) is 13.2 Å². The number of carbonyl (C=O) groups is 1. The van der Waals surface area contributed by atoms with E-state index in [0.29, 0.717) is 35.9 Å². The SMILES string of the molecule is CC(C)n1c(-c2ccc3c(c2)CNC3=O)nnc1C(C)(C)Oc1c(F)cc(F)cc1F. The molecule has 162 valence electrons. The third-order valence-corrected chi connectivity index (χ3v) is 5.12. The van der Waals surface area contributed by atoms with Gasteiger partial charge in [-0.25, -0.2) is 13.2 Å². The van der Waals surface area contributed by atoms with Crippen LogP contribution in [0.3, 0.4) is 0 Å². The maximum atomic E-state index is 14.2. The van der Waals surface area contributed by atoms with Gasteiger partial charge in [-0.1, -0.05) is 6.07 Å². The molecule has 9 heteroatoms. The summed E-state index contributed by atoms with van der Waals surface area (Å²) in [5.74, 6) is -3.25. The molecule has 1 aliphatic rings. The van der Waals surface area contributed by atoms with Crippen LogP contribution in [0.2, 0.25) is 0 Å². The zero-order chi connectivity index (χ0) is 22.5. The molecule has 0 atom stereocenters. The highest BCUT2D eigenvalue weighted by atomic mass is 19.1. The normalized spacial score (nSPS) is 13.5. The summed E-state index contributed by atoms with van der Waals surface area (Å²) < 4.78 is 49.0. The number of hydrogen-bond donors (Lipinski definition) is 1. The Labute approximate surface area is 177 Å². The number of nitrogens with zero attached hydrogens (tertiary/aromatic N) is 3. The van der Waals surface area contributed by atoms with E-state index in [-0.39, 0.29) is 11.9 Å². The second-order valence-electron chi connectivity index (χ2n) is 8.18. The van der Waals surface area contributed by atoms with Gasteiger partial charge in [0.25, 0.3) is 5.91 Å². The molecule has 2 aromatic carbocycles. The molecule has 0 radical (unpaired) electrons. The molecule has 0 fully saturated rings. The van der Waals surface area contributed by atoms with Crippen LogP contribution in [-0.4, -0.2) is 20.7 Å². The molecule has 3 aromatic rings. The van der Waals surface area contributed by atoms with E-state index in [1.165, 1.54) is 0 Å². The fourth-order valence-corrected chi connectivity index (χ4v) is 3.69. The molecule has 4 rings (SSSR count). The van der Waals surface area contributed by atoms with Gasteiger partial charge >= 0.3 is 0 Å². The smallest absolute Gasteiger partial charge is 0.251 e. The molecule has 1 aliphatic heterocycles. The van der Waals surface area contributed by atoms with Crippen LogP contribution in [0.15, 0.2) is 30.3 Å². The highest BCUT2D eigenvalue weighted by Crippen LogP contribution is 2.35. The number of hydrogen-bond acceptors (Lipinski definition) is 4. The van der Waals surface area contributed by atoms with Gasteiger partial charge in [-0.3, -0.25) is 4.79 Å². The Bertz CT molecular complexity index is 1160. The number of nitrogens with one attached hydrogen (secondary N) is 1. The number of aromatic nitrogens is 3. The second-order valence-corrected chi connectivity index (χ2v) is 8.18. The van der Waals surface area contributed by atoms with Crippen molar-refractivity contribution >= 4 is 5.91 Å². The summed E-state index contributed by atoms with van der Waals surface area (Å²) in [4.78, 5) is 11.8. The van der Waals surface area contributed by atoms with Crippen LogP contribution < -0.4 is 10.1 Å². The van der Waals surface area contributed by atoms with Crippen LogP contribution in [-0.2, 0) is 12.1 Å². The molecule has 0 bridgehead atoms. The molecule has 0 saturated heterocycles. The third-order valence-electron chi connectivity index (χ3n) is 5.12. The van der Waals surface area contributed by atoms with E-state index in [2.05, 4.69) is 15.5 Å². The van der Waals surface area contributed by atoms with Crippen LogP contribution in [0.25, 0.3) is 11.4 Å². The van der Waals surface area contributed by atoms with Crippen molar-refractivity contribution in [2.24, 2.45) is 0 Å². The van der Waals surface area contributed by atoms with Crippen LogP contribution in [0.5, 0.6) is 5.75 Å². The number of rotatable bonds is 5. The van der Waals surface area contributed by atoms with Gasteiger partial charge in [0.05, 0.1) is 0 Å². The first-order valence-corrected chi connectivity index (χ1v) is 9.79. The molecule has 2 heterocycles. The molecule has 0 saturated carbocycles. The Morgan fingerprint density at radius 1 is 1.10 bits per heavy atom. The van der Waals surface area contributed by atoms with Crippen molar-refractivity contribution < 1.29 is 22.7 Å². The average molecular weight is 430 g/mol. The maximum Gasteiger partial charge on any atom is 0.251 e. The van der Waals surface area contributed by atoms with Gasteiger partial charge in [-0.2, -0.15) is 0 Å². The molecule has 1 N–H and O–H groups in total. The minimum atomic E-state index is -1.29. The maximum absolute atomic E-state index is 14.2. The summed E-state index contributed by atoms with van der Waals surface area (Å²) in [6.45, 7) is 7.48. The molecule has 0 spiro atoms. The Morgan fingerprint density at radius 2 is 1.77 bits per heavy atom.